The van der Waals surface area contributed by atoms with Crippen molar-refractivity contribution in [2.45, 2.75) is 19.3 Å². The smallest absolute Gasteiger partial charge is 0.253 e. The lowest BCUT2D eigenvalue weighted by Crippen LogP contribution is -2.38. The maximum atomic E-state index is 13.1. The molecule has 0 saturated carbocycles. The third kappa shape index (κ3) is 4.75. The van der Waals surface area contributed by atoms with E-state index in [-0.39, 0.29) is 11.7 Å². The Hall–Kier alpha value is -2.56. The largest absolute Gasteiger partial charge is 0.497 e. The summed E-state index contributed by atoms with van der Waals surface area (Å²) in [5, 5.41) is 0. The molecule has 1 amide bonds. The van der Waals surface area contributed by atoms with Crippen molar-refractivity contribution in [2.75, 3.05) is 26.8 Å². The summed E-state index contributed by atoms with van der Waals surface area (Å²) in [7, 11) is 1.61. The molecule has 0 spiro atoms. The lowest BCUT2D eigenvalue weighted by Gasteiger charge is -2.32. The van der Waals surface area contributed by atoms with Gasteiger partial charge in [-0.05, 0) is 61.6 Å². The van der Waals surface area contributed by atoms with Crippen LogP contribution in [0, 0.1) is 11.7 Å². The second-order valence-corrected chi connectivity index (χ2v) is 6.56. The molecule has 1 saturated heterocycles. The fourth-order valence-corrected chi connectivity index (χ4v) is 3.24. The van der Waals surface area contributed by atoms with E-state index >= 15 is 0 Å². The van der Waals surface area contributed by atoms with E-state index in [1.54, 1.807) is 31.4 Å². The van der Waals surface area contributed by atoms with Gasteiger partial charge in [0.25, 0.3) is 5.91 Å². The van der Waals surface area contributed by atoms with Crippen molar-refractivity contribution in [1.82, 2.24) is 4.90 Å². The van der Waals surface area contributed by atoms with Crippen LogP contribution >= 0.6 is 0 Å². The highest BCUT2D eigenvalue weighted by Crippen LogP contribution is 2.23. The van der Waals surface area contributed by atoms with Gasteiger partial charge in [0.05, 0.1) is 13.7 Å². The highest BCUT2D eigenvalue weighted by molar-refractivity contribution is 5.94. The Kier molecular flexibility index (Phi) is 6.10. The van der Waals surface area contributed by atoms with E-state index in [9.17, 15) is 9.18 Å². The topological polar surface area (TPSA) is 38.8 Å². The third-order valence-corrected chi connectivity index (χ3v) is 4.83. The Labute approximate surface area is 153 Å². The number of hydrogen-bond donors (Lipinski definition) is 0. The van der Waals surface area contributed by atoms with Gasteiger partial charge in [-0.2, -0.15) is 0 Å². The molecule has 0 aromatic heterocycles. The van der Waals surface area contributed by atoms with Gasteiger partial charge in [0, 0.05) is 24.7 Å². The van der Waals surface area contributed by atoms with Crippen LogP contribution in [0.25, 0.3) is 0 Å². The standard InChI is InChI=1S/C21H24FNO3/c1-25-19-7-5-17(6-8-19)21(24)23-12-9-16(10-13-23)11-14-26-20-4-2-3-18(22)15-20/h2-8,15-16H,9-14H2,1H3. The Morgan fingerprint density at radius 3 is 2.50 bits per heavy atom. The molecule has 5 heteroatoms. The van der Waals surface area contributed by atoms with E-state index in [0.717, 1.165) is 38.1 Å². The van der Waals surface area contributed by atoms with Gasteiger partial charge in [-0.15, -0.1) is 0 Å². The first-order valence-electron chi connectivity index (χ1n) is 8.97. The van der Waals surface area contributed by atoms with Crippen LogP contribution in [-0.2, 0) is 0 Å². The molecule has 1 fully saturated rings. The van der Waals surface area contributed by atoms with Crippen LogP contribution in [0.2, 0.25) is 0 Å². The summed E-state index contributed by atoms with van der Waals surface area (Å²) in [5.41, 5.74) is 0.693. The quantitative estimate of drug-likeness (QED) is 0.779. The van der Waals surface area contributed by atoms with Crippen LogP contribution in [-0.4, -0.2) is 37.6 Å². The fraction of sp³-hybridized carbons (Fsp3) is 0.381. The minimum Gasteiger partial charge on any atom is -0.497 e. The van der Waals surface area contributed by atoms with Crippen molar-refractivity contribution in [1.29, 1.82) is 0 Å². The molecule has 2 aromatic rings. The predicted molar refractivity (Wildman–Crippen MR) is 98.1 cm³/mol. The average molecular weight is 357 g/mol. The van der Waals surface area contributed by atoms with Gasteiger partial charge >= 0.3 is 0 Å². The summed E-state index contributed by atoms with van der Waals surface area (Å²) >= 11 is 0. The first kappa shape index (κ1) is 18.2. The van der Waals surface area contributed by atoms with E-state index in [2.05, 4.69) is 0 Å². The summed E-state index contributed by atoms with van der Waals surface area (Å²) in [4.78, 5) is 14.5. The predicted octanol–water partition coefficient (Wildman–Crippen LogP) is 4.16. The van der Waals surface area contributed by atoms with E-state index in [0.29, 0.717) is 23.8 Å². The second kappa shape index (κ2) is 8.70. The molecule has 0 bridgehead atoms. The van der Waals surface area contributed by atoms with Gasteiger partial charge in [0.2, 0.25) is 0 Å². The summed E-state index contributed by atoms with van der Waals surface area (Å²) in [6.07, 6.45) is 2.85. The molecule has 2 aromatic carbocycles. The number of benzene rings is 2. The molecule has 0 atom stereocenters. The molecule has 1 heterocycles. The Bertz CT molecular complexity index is 724. The van der Waals surface area contributed by atoms with E-state index in [4.69, 9.17) is 9.47 Å². The second-order valence-electron chi connectivity index (χ2n) is 6.56. The Balaban J connectivity index is 1.42. The van der Waals surface area contributed by atoms with Crippen LogP contribution in [0.1, 0.15) is 29.6 Å². The molecule has 4 nitrogen and oxygen atoms in total. The number of rotatable bonds is 6. The van der Waals surface area contributed by atoms with E-state index in [1.165, 1.54) is 12.1 Å². The minimum atomic E-state index is -0.284. The molecule has 0 unspecified atom stereocenters. The number of carbonyl (C=O) groups is 1. The molecular formula is C21H24FNO3. The molecule has 0 N–H and O–H groups in total. The summed E-state index contributed by atoms with van der Waals surface area (Å²) in [5.74, 6) is 1.63. The Morgan fingerprint density at radius 1 is 1.12 bits per heavy atom. The van der Waals surface area contributed by atoms with Crippen molar-refractivity contribution in [3.05, 3.63) is 59.9 Å². The van der Waals surface area contributed by atoms with Gasteiger partial charge in [0.1, 0.15) is 17.3 Å². The number of likely N-dealkylation sites (tertiary alicyclic amines) is 1. The summed E-state index contributed by atoms with van der Waals surface area (Å²) in [6, 6.07) is 13.4. The maximum Gasteiger partial charge on any atom is 0.253 e. The van der Waals surface area contributed by atoms with Crippen molar-refractivity contribution in [2.24, 2.45) is 5.92 Å². The number of halogens is 1. The first-order valence-corrected chi connectivity index (χ1v) is 8.97. The van der Waals surface area contributed by atoms with Crippen LogP contribution in [0.15, 0.2) is 48.5 Å². The van der Waals surface area contributed by atoms with Crippen molar-refractivity contribution in [3.63, 3.8) is 0 Å². The van der Waals surface area contributed by atoms with Crippen molar-refractivity contribution >= 4 is 5.91 Å². The highest BCUT2D eigenvalue weighted by atomic mass is 19.1. The van der Waals surface area contributed by atoms with Gasteiger partial charge < -0.3 is 14.4 Å². The number of nitrogens with zero attached hydrogens (tertiary/aromatic N) is 1. The SMILES string of the molecule is COc1ccc(C(=O)N2CCC(CCOc3cccc(F)c3)CC2)cc1. The Morgan fingerprint density at radius 2 is 1.85 bits per heavy atom. The van der Waals surface area contributed by atoms with Crippen molar-refractivity contribution in [3.8, 4) is 11.5 Å². The first-order chi connectivity index (χ1) is 12.7. The van der Waals surface area contributed by atoms with E-state index < -0.39 is 0 Å². The zero-order valence-corrected chi connectivity index (χ0v) is 15.0. The third-order valence-electron chi connectivity index (χ3n) is 4.83. The summed E-state index contributed by atoms with van der Waals surface area (Å²) in [6.45, 7) is 2.09. The van der Waals surface area contributed by atoms with Gasteiger partial charge in [-0.3, -0.25) is 4.79 Å². The lowest BCUT2D eigenvalue weighted by molar-refractivity contribution is 0.0680. The minimum absolute atomic E-state index is 0.0714. The normalized spacial score (nSPS) is 14.9. The molecule has 0 radical (unpaired) electrons. The van der Waals surface area contributed by atoms with Crippen LogP contribution in [0.5, 0.6) is 11.5 Å². The van der Waals surface area contributed by atoms with Gasteiger partial charge in [-0.1, -0.05) is 6.07 Å². The number of carbonyl (C=O) groups excluding carboxylic acids is 1. The van der Waals surface area contributed by atoms with Gasteiger partial charge in [-0.25, -0.2) is 4.39 Å². The molecule has 1 aliphatic heterocycles. The van der Waals surface area contributed by atoms with E-state index in [1.807, 2.05) is 17.0 Å². The fourth-order valence-electron chi connectivity index (χ4n) is 3.24. The average Bonchev–Trinajstić information content (AvgIpc) is 2.68. The molecule has 138 valence electrons. The molecule has 0 aliphatic carbocycles. The zero-order valence-electron chi connectivity index (χ0n) is 15.0. The molecule has 1 aliphatic rings. The number of piperidine rings is 1. The number of hydrogen-bond acceptors (Lipinski definition) is 3. The molecular weight excluding hydrogens is 333 g/mol. The molecule has 26 heavy (non-hydrogen) atoms. The summed E-state index contributed by atoms with van der Waals surface area (Å²) < 4.78 is 23.9. The van der Waals surface area contributed by atoms with Crippen LogP contribution in [0.4, 0.5) is 4.39 Å². The number of ether oxygens (including phenoxy) is 2. The monoisotopic (exact) mass is 357 g/mol. The van der Waals surface area contributed by atoms with Crippen molar-refractivity contribution < 1.29 is 18.7 Å². The van der Waals surface area contributed by atoms with Crippen LogP contribution < -0.4 is 9.47 Å². The lowest BCUT2D eigenvalue weighted by atomic mass is 9.93. The van der Waals surface area contributed by atoms with Gasteiger partial charge in [0.15, 0.2) is 0 Å². The van der Waals surface area contributed by atoms with Crippen LogP contribution in [0.3, 0.4) is 0 Å². The maximum absolute atomic E-state index is 13.1. The molecule has 3 rings (SSSR count). The zero-order chi connectivity index (χ0) is 18.4. The number of methoxy groups -OCH3 is 1. The highest BCUT2D eigenvalue weighted by Gasteiger charge is 2.23. The number of amides is 1.